The van der Waals surface area contributed by atoms with Gasteiger partial charge in [0.05, 0.1) is 0 Å². The molecule has 8 heteroatoms. The molecule has 2 aromatic rings. The normalized spacial score (nSPS) is 10.5. The number of hydrazine groups is 1. The van der Waals surface area contributed by atoms with Crippen molar-refractivity contribution in [2.75, 3.05) is 5.32 Å². The summed E-state index contributed by atoms with van der Waals surface area (Å²) in [6, 6.07) is 15.8. The Morgan fingerprint density at radius 3 is 2.27 bits per heavy atom. The molecule has 0 unspecified atom stereocenters. The highest BCUT2D eigenvalue weighted by molar-refractivity contribution is 7.80. The Hall–Kier alpha value is -3.52. The minimum Gasteiger partial charge on any atom is -0.326 e. The molecule has 0 aliphatic carbocycles. The van der Waals surface area contributed by atoms with Crippen LogP contribution in [-0.2, 0) is 9.59 Å². The molecule has 0 bridgehead atoms. The van der Waals surface area contributed by atoms with E-state index < -0.39 is 11.8 Å². The van der Waals surface area contributed by atoms with E-state index in [-0.39, 0.29) is 16.9 Å². The average Bonchev–Trinajstić information content (AvgIpc) is 2.71. The van der Waals surface area contributed by atoms with Crippen LogP contribution in [0.25, 0.3) is 6.08 Å². The highest BCUT2D eigenvalue weighted by atomic mass is 32.1. The largest absolute Gasteiger partial charge is 0.326 e. The molecule has 0 aliphatic rings. The van der Waals surface area contributed by atoms with Crippen LogP contribution >= 0.6 is 12.2 Å². The van der Waals surface area contributed by atoms with Crippen LogP contribution < -0.4 is 21.5 Å². The topological polar surface area (TPSA) is 99.3 Å². The zero-order valence-electron chi connectivity index (χ0n) is 16.8. The molecule has 0 heterocycles. The van der Waals surface area contributed by atoms with Gasteiger partial charge in [-0.25, -0.2) is 0 Å². The van der Waals surface area contributed by atoms with Crippen LogP contribution in [0.3, 0.4) is 0 Å². The summed E-state index contributed by atoms with van der Waals surface area (Å²) >= 11 is 4.99. The fourth-order valence-electron chi connectivity index (χ4n) is 2.39. The van der Waals surface area contributed by atoms with Gasteiger partial charge >= 0.3 is 0 Å². The van der Waals surface area contributed by atoms with Gasteiger partial charge in [-0.05, 0) is 54.0 Å². The number of carbonyl (C=O) groups excluding carboxylic acids is 3. The third kappa shape index (κ3) is 8.24. The van der Waals surface area contributed by atoms with Gasteiger partial charge in [-0.15, -0.1) is 0 Å². The Morgan fingerprint density at radius 2 is 1.63 bits per heavy atom. The van der Waals surface area contributed by atoms with Crippen LogP contribution in [0.2, 0.25) is 0 Å². The molecule has 4 N–H and O–H groups in total. The molecule has 0 fully saturated rings. The number of hydrogen-bond acceptors (Lipinski definition) is 4. The van der Waals surface area contributed by atoms with Gasteiger partial charge in [0, 0.05) is 23.7 Å². The van der Waals surface area contributed by atoms with Crippen LogP contribution in [0.1, 0.15) is 36.2 Å². The van der Waals surface area contributed by atoms with Crippen molar-refractivity contribution >= 4 is 46.8 Å². The molecule has 3 amide bonds. The van der Waals surface area contributed by atoms with E-state index in [1.807, 2.05) is 44.2 Å². The number of benzene rings is 2. The molecule has 156 valence electrons. The van der Waals surface area contributed by atoms with E-state index in [1.54, 1.807) is 30.3 Å². The summed E-state index contributed by atoms with van der Waals surface area (Å²) in [5.41, 5.74) is 6.73. The van der Waals surface area contributed by atoms with Crippen molar-refractivity contribution in [2.24, 2.45) is 5.92 Å². The molecule has 30 heavy (non-hydrogen) atoms. The predicted molar refractivity (Wildman–Crippen MR) is 121 cm³/mol. The zero-order chi connectivity index (χ0) is 21.9. The third-order valence-corrected chi connectivity index (χ3v) is 3.98. The van der Waals surface area contributed by atoms with Gasteiger partial charge < -0.3 is 5.32 Å². The average molecular weight is 425 g/mol. The van der Waals surface area contributed by atoms with Gasteiger partial charge in [0.15, 0.2) is 5.11 Å². The van der Waals surface area contributed by atoms with E-state index in [0.717, 1.165) is 5.56 Å². The maximum atomic E-state index is 12.2. The second kappa shape index (κ2) is 11.5. The van der Waals surface area contributed by atoms with Gasteiger partial charge in [-0.2, -0.15) is 0 Å². The lowest BCUT2D eigenvalue weighted by atomic mass is 10.1. The monoisotopic (exact) mass is 424 g/mol. The van der Waals surface area contributed by atoms with Gasteiger partial charge in [0.1, 0.15) is 0 Å². The number of amides is 3. The SMILES string of the molecule is CC(C)CC(=O)Nc1ccc(C(=O)NNC(=S)NC(=O)/C=C/c2ccccc2)cc1. The standard InChI is InChI=1S/C22H24N4O3S/c1-15(2)14-20(28)23-18-11-9-17(10-12-18)21(29)25-26-22(30)24-19(27)13-8-16-6-4-3-5-7-16/h3-13,15H,14H2,1-2H3,(H,23,28)(H,25,29)(H2,24,26,27,30)/b13-8+. The summed E-state index contributed by atoms with van der Waals surface area (Å²) in [6.45, 7) is 3.93. The molecule has 0 atom stereocenters. The van der Waals surface area contributed by atoms with E-state index >= 15 is 0 Å². The van der Waals surface area contributed by atoms with E-state index in [2.05, 4.69) is 21.5 Å². The van der Waals surface area contributed by atoms with Crippen molar-refractivity contribution in [2.45, 2.75) is 20.3 Å². The lowest BCUT2D eigenvalue weighted by Crippen LogP contribution is -2.48. The summed E-state index contributed by atoms with van der Waals surface area (Å²) in [6.07, 6.45) is 3.42. The molecular formula is C22H24N4O3S. The van der Waals surface area contributed by atoms with Crippen molar-refractivity contribution in [3.63, 3.8) is 0 Å². The van der Waals surface area contributed by atoms with E-state index in [9.17, 15) is 14.4 Å². The van der Waals surface area contributed by atoms with Crippen molar-refractivity contribution in [1.82, 2.24) is 16.2 Å². The quantitative estimate of drug-likeness (QED) is 0.325. The van der Waals surface area contributed by atoms with Crippen molar-refractivity contribution < 1.29 is 14.4 Å². The number of nitrogens with one attached hydrogen (secondary N) is 4. The third-order valence-electron chi connectivity index (χ3n) is 3.78. The molecule has 0 aromatic heterocycles. The van der Waals surface area contributed by atoms with E-state index in [1.165, 1.54) is 6.08 Å². The van der Waals surface area contributed by atoms with Crippen molar-refractivity contribution in [3.05, 3.63) is 71.8 Å². The Balaban J connectivity index is 1.77. The second-order valence-electron chi connectivity index (χ2n) is 6.87. The molecule has 2 aromatic carbocycles. The fourth-order valence-corrected chi connectivity index (χ4v) is 2.55. The number of carbonyl (C=O) groups is 3. The fraction of sp³-hybridized carbons (Fsp3) is 0.182. The molecule has 0 radical (unpaired) electrons. The minimum atomic E-state index is -0.438. The second-order valence-corrected chi connectivity index (χ2v) is 7.27. The number of rotatable bonds is 6. The zero-order valence-corrected chi connectivity index (χ0v) is 17.6. The van der Waals surface area contributed by atoms with Gasteiger partial charge in [-0.1, -0.05) is 44.2 Å². The Kier molecular flexibility index (Phi) is 8.71. The molecule has 0 spiro atoms. The first-order valence-corrected chi connectivity index (χ1v) is 9.78. The minimum absolute atomic E-state index is 0.0383. The molecular weight excluding hydrogens is 400 g/mol. The Bertz CT molecular complexity index is 925. The number of hydrogen-bond donors (Lipinski definition) is 4. The van der Waals surface area contributed by atoms with Crippen LogP contribution in [0.4, 0.5) is 5.69 Å². The van der Waals surface area contributed by atoms with Gasteiger partial charge in [0.2, 0.25) is 11.8 Å². The lowest BCUT2D eigenvalue weighted by molar-refractivity contribution is -0.117. The Morgan fingerprint density at radius 1 is 0.967 bits per heavy atom. The maximum Gasteiger partial charge on any atom is 0.269 e. The lowest BCUT2D eigenvalue weighted by Gasteiger charge is -2.10. The Labute approximate surface area is 180 Å². The van der Waals surface area contributed by atoms with Crippen LogP contribution in [0.5, 0.6) is 0 Å². The highest BCUT2D eigenvalue weighted by Crippen LogP contribution is 2.11. The van der Waals surface area contributed by atoms with Gasteiger partial charge in [0.25, 0.3) is 5.91 Å². The molecule has 0 saturated carbocycles. The summed E-state index contributed by atoms with van der Waals surface area (Å²) in [5, 5.41) is 5.17. The first-order chi connectivity index (χ1) is 14.3. The first-order valence-electron chi connectivity index (χ1n) is 9.38. The number of thiocarbonyl (C=S) groups is 1. The van der Waals surface area contributed by atoms with E-state index in [4.69, 9.17) is 12.2 Å². The molecule has 0 aliphatic heterocycles. The first kappa shape index (κ1) is 22.8. The van der Waals surface area contributed by atoms with Crippen molar-refractivity contribution in [3.8, 4) is 0 Å². The maximum absolute atomic E-state index is 12.2. The van der Waals surface area contributed by atoms with Crippen LogP contribution in [0.15, 0.2) is 60.7 Å². The van der Waals surface area contributed by atoms with Crippen LogP contribution in [-0.4, -0.2) is 22.8 Å². The summed E-state index contributed by atoms with van der Waals surface area (Å²) in [5.74, 6) is -0.677. The summed E-state index contributed by atoms with van der Waals surface area (Å²) < 4.78 is 0. The number of anilines is 1. The van der Waals surface area contributed by atoms with Gasteiger partial charge in [-0.3, -0.25) is 30.6 Å². The molecule has 7 nitrogen and oxygen atoms in total. The summed E-state index contributed by atoms with van der Waals surface area (Å²) in [7, 11) is 0. The highest BCUT2D eigenvalue weighted by Gasteiger charge is 2.09. The summed E-state index contributed by atoms with van der Waals surface area (Å²) in [4.78, 5) is 35.8. The predicted octanol–water partition coefficient (Wildman–Crippen LogP) is 3.02. The smallest absolute Gasteiger partial charge is 0.269 e. The van der Waals surface area contributed by atoms with E-state index in [0.29, 0.717) is 17.7 Å². The molecule has 0 saturated heterocycles. The van der Waals surface area contributed by atoms with Crippen molar-refractivity contribution in [1.29, 1.82) is 0 Å². The van der Waals surface area contributed by atoms with Crippen LogP contribution in [0, 0.1) is 5.92 Å². The molecule has 2 rings (SSSR count).